The fourth-order valence-corrected chi connectivity index (χ4v) is 2.62. The smallest absolute Gasteiger partial charge is 0.191 e. The van der Waals surface area contributed by atoms with E-state index >= 15 is 0 Å². The van der Waals surface area contributed by atoms with E-state index < -0.39 is 9.84 Å². The fraction of sp³-hybridized carbons (Fsp3) is 0.588. The topological polar surface area (TPSA) is 89.0 Å². The highest BCUT2D eigenvalue weighted by Crippen LogP contribution is 2.28. The predicted molar refractivity (Wildman–Crippen MR) is 102 cm³/mol. The minimum absolute atomic E-state index is 0.0737. The summed E-state index contributed by atoms with van der Waals surface area (Å²) in [6, 6.07) is 5.91. The Morgan fingerprint density at radius 3 is 2.32 bits per heavy atom. The Morgan fingerprint density at radius 2 is 1.72 bits per heavy atom. The van der Waals surface area contributed by atoms with Crippen LogP contribution in [0.3, 0.4) is 0 Å². The number of benzene rings is 1. The van der Waals surface area contributed by atoms with Crippen molar-refractivity contribution in [3.05, 3.63) is 23.8 Å². The number of rotatable bonds is 10. The second kappa shape index (κ2) is 10.8. The van der Waals surface area contributed by atoms with Gasteiger partial charge in [-0.25, -0.2) is 8.42 Å². The highest BCUT2D eigenvalue weighted by atomic mass is 32.2. The quantitative estimate of drug-likeness (QED) is 0.475. The normalized spacial score (nSPS) is 11.9. The first-order valence-electron chi connectivity index (χ1n) is 8.40. The fourth-order valence-electron chi connectivity index (χ4n) is 2.15. The summed E-state index contributed by atoms with van der Waals surface area (Å²) >= 11 is 0. The van der Waals surface area contributed by atoms with Crippen LogP contribution < -0.4 is 20.1 Å². The summed E-state index contributed by atoms with van der Waals surface area (Å²) in [5.74, 6) is 2.15. The molecule has 0 fully saturated rings. The van der Waals surface area contributed by atoms with Gasteiger partial charge < -0.3 is 20.1 Å². The number of nitrogens with zero attached hydrogens (tertiary/aromatic N) is 1. The number of ether oxygens (including phenoxy) is 2. The summed E-state index contributed by atoms with van der Waals surface area (Å²) in [6.45, 7) is 6.05. The van der Waals surface area contributed by atoms with Gasteiger partial charge in [-0.15, -0.1) is 0 Å². The number of hydrogen-bond acceptors (Lipinski definition) is 5. The van der Waals surface area contributed by atoms with E-state index in [0.717, 1.165) is 23.5 Å². The molecule has 0 unspecified atom stereocenters. The summed E-state index contributed by atoms with van der Waals surface area (Å²) in [7, 11) is -1.33. The zero-order valence-electron chi connectivity index (χ0n) is 15.5. The zero-order chi connectivity index (χ0) is 18.7. The van der Waals surface area contributed by atoms with E-state index in [-0.39, 0.29) is 5.75 Å². The molecule has 0 radical (unpaired) electrons. The maximum atomic E-state index is 11.1. The van der Waals surface area contributed by atoms with E-state index in [0.29, 0.717) is 32.3 Å². The van der Waals surface area contributed by atoms with Crippen molar-refractivity contribution >= 4 is 15.8 Å². The molecule has 0 aliphatic rings. The molecule has 25 heavy (non-hydrogen) atoms. The lowest BCUT2D eigenvalue weighted by atomic mass is 10.1. The van der Waals surface area contributed by atoms with Crippen molar-refractivity contribution in [1.29, 1.82) is 0 Å². The van der Waals surface area contributed by atoms with Crippen molar-refractivity contribution < 1.29 is 17.9 Å². The first kappa shape index (κ1) is 21.1. The zero-order valence-corrected chi connectivity index (χ0v) is 16.3. The van der Waals surface area contributed by atoms with Crippen molar-refractivity contribution in [2.45, 2.75) is 20.3 Å². The van der Waals surface area contributed by atoms with Gasteiger partial charge in [-0.3, -0.25) is 4.99 Å². The molecule has 0 saturated heterocycles. The predicted octanol–water partition coefficient (Wildman–Crippen LogP) is 1.24. The van der Waals surface area contributed by atoms with Gasteiger partial charge in [-0.2, -0.15) is 0 Å². The van der Waals surface area contributed by atoms with Crippen LogP contribution in [0.15, 0.2) is 23.2 Å². The second-order valence-corrected chi connectivity index (χ2v) is 7.71. The molecule has 0 aromatic heterocycles. The van der Waals surface area contributed by atoms with Crippen LogP contribution in [-0.4, -0.2) is 59.7 Å². The molecular formula is C17H29N3O4S. The van der Waals surface area contributed by atoms with Gasteiger partial charge in [0.1, 0.15) is 9.84 Å². The van der Waals surface area contributed by atoms with Crippen LogP contribution in [0, 0.1) is 0 Å². The van der Waals surface area contributed by atoms with Gasteiger partial charge in [-0.05, 0) is 38.0 Å². The summed E-state index contributed by atoms with van der Waals surface area (Å²) in [4.78, 5) is 4.08. The van der Waals surface area contributed by atoms with Gasteiger partial charge in [0.25, 0.3) is 0 Å². The average molecular weight is 372 g/mol. The van der Waals surface area contributed by atoms with E-state index in [1.807, 2.05) is 32.0 Å². The van der Waals surface area contributed by atoms with E-state index in [4.69, 9.17) is 9.47 Å². The summed E-state index contributed by atoms with van der Waals surface area (Å²) in [5.41, 5.74) is 1.12. The Hall–Kier alpha value is -1.96. The van der Waals surface area contributed by atoms with Gasteiger partial charge in [0.05, 0.1) is 19.0 Å². The van der Waals surface area contributed by atoms with E-state index in [1.165, 1.54) is 6.26 Å². The standard InChI is InChI=1S/C17H29N3O4S/c1-5-23-15-8-7-14(13-16(15)24-6-2)9-10-19-17(18-3)20-11-12-25(4,21)22/h7-8,13H,5-6,9-12H2,1-4H3,(H2,18,19,20). The Balaban J connectivity index is 2.52. The molecule has 0 bridgehead atoms. The number of sulfone groups is 1. The van der Waals surface area contributed by atoms with Gasteiger partial charge >= 0.3 is 0 Å². The van der Waals surface area contributed by atoms with Gasteiger partial charge in [-0.1, -0.05) is 6.07 Å². The lowest BCUT2D eigenvalue weighted by Gasteiger charge is -2.14. The van der Waals surface area contributed by atoms with E-state index in [2.05, 4.69) is 15.6 Å². The summed E-state index contributed by atoms with van der Waals surface area (Å²) in [5, 5.41) is 6.15. The highest BCUT2D eigenvalue weighted by molar-refractivity contribution is 7.90. The maximum Gasteiger partial charge on any atom is 0.191 e. The molecule has 0 atom stereocenters. The Kier molecular flexibility index (Phi) is 9.12. The van der Waals surface area contributed by atoms with Gasteiger partial charge in [0.15, 0.2) is 17.5 Å². The molecule has 8 heteroatoms. The van der Waals surface area contributed by atoms with E-state index in [9.17, 15) is 8.42 Å². The first-order chi connectivity index (χ1) is 11.9. The van der Waals surface area contributed by atoms with Crippen LogP contribution in [0.25, 0.3) is 0 Å². The maximum absolute atomic E-state index is 11.1. The third-order valence-electron chi connectivity index (χ3n) is 3.30. The number of aliphatic imine (C=N–C) groups is 1. The van der Waals surface area contributed by atoms with Crippen molar-refractivity contribution in [1.82, 2.24) is 10.6 Å². The molecule has 0 saturated carbocycles. The Morgan fingerprint density at radius 1 is 1.08 bits per heavy atom. The van der Waals surface area contributed by atoms with Crippen LogP contribution >= 0.6 is 0 Å². The van der Waals surface area contributed by atoms with Crippen LogP contribution in [0.2, 0.25) is 0 Å². The largest absolute Gasteiger partial charge is 0.490 e. The third kappa shape index (κ3) is 8.62. The van der Waals surface area contributed by atoms with Crippen LogP contribution in [0.4, 0.5) is 0 Å². The molecule has 1 rings (SSSR count). The molecule has 0 aliphatic heterocycles. The highest BCUT2D eigenvalue weighted by Gasteiger charge is 2.07. The molecule has 7 nitrogen and oxygen atoms in total. The lowest BCUT2D eigenvalue weighted by molar-refractivity contribution is 0.287. The number of hydrogen-bond donors (Lipinski definition) is 2. The van der Waals surface area contributed by atoms with Crippen LogP contribution in [-0.2, 0) is 16.3 Å². The third-order valence-corrected chi connectivity index (χ3v) is 4.25. The second-order valence-electron chi connectivity index (χ2n) is 5.45. The Bertz CT molecular complexity index is 660. The Labute approximate surface area is 150 Å². The molecule has 2 N–H and O–H groups in total. The molecule has 1 aromatic carbocycles. The average Bonchev–Trinajstić information content (AvgIpc) is 2.55. The lowest BCUT2D eigenvalue weighted by Crippen LogP contribution is -2.40. The molecule has 0 spiro atoms. The minimum atomic E-state index is -2.98. The van der Waals surface area contributed by atoms with Gasteiger partial charge in [0, 0.05) is 26.4 Å². The monoisotopic (exact) mass is 371 g/mol. The summed E-state index contributed by atoms with van der Waals surface area (Å²) < 4.78 is 33.5. The molecule has 0 amide bonds. The number of nitrogens with one attached hydrogen (secondary N) is 2. The molecular weight excluding hydrogens is 342 g/mol. The molecule has 0 aliphatic carbocycles. The SMILES string of the molecule is CCOc1ccc(CCNC(=NC)NCCS(C)(=O)=O)cc1OCC. The van der Waals surface area contributed by atoms with Crippen LogP contribution in [0.5, 0.6) is 11.5 Å². The van der Waals surface area contributed by atoms with Gasteiger partial charge in [0.2, 0.25) is 0 Å². The minimum Gasteiger partial charge on any atom is -0.490 e. The van der Waals surface area contributed by atoms with Crippen molar-refractivity contribution in [3.8, 4) is 11.5 Å². The molecule has 1 aromatic rings. The van der Waals surface area contributed by atoms with Crippen molar-refractivity contribution in [2.75, 3.05) is 45.4 Å². The summed E-state index contributed by atoms with van der Waals surface area (Å²) in [6.07, 6.45) is 1.99. The number of guanidine groups is 1. The van der Waals surface area contributed by atoms with Crippen LogP contribution in [0.1, 0.15) is 19.4 Å². The first-order valence-corrected chi connectivity index (χ1v) is 10.5. The molecule has 142 valence electrons. The van der Waals surface area contributed by atoms with Crippen molar-refractivity contribution in [2.24, 2.45) is 4.99 Å². The van der Waals surface area contributed by atoms with Crippen molar-refractivity contribution in [3.63, 3.8) is 0 Å². The van der Waals surface area contributed by atoms with E-state index in [1.54, 1.807) is 7.05 Å². The molecule has 0 heterocycles.